The van der Waals surface area contributed by atoms with Crippen molar-refractivity contribution in [3.05, 3.63) is 34.9 Å². The number of benzene rings is 1. The fourth-order valence-corrected chi connectivity index (χ4v) is 1.61. The summed E-state index contributed by atoms with van der Waals surface area (Å²) in [7, 11) is 1.33. The van der Waals surface area contributed by atoms with Crippen LogP contribution in [0.2, 0.25) is 0 Å². The van der Waals surface area contributed by atoms with Gasteiger partial charge in [-0.15, -0.1) is 11.6 Å². The standard InChI is InChI=1S/C11H13ClO2/c1-7-4-8(2)6-9(5-7)10(12)11(13)14-3/h4-6,10H,1-3H3. The molecule has 0 heterocycles. The molecular weight excluding hydrogens is 200 g/mol. The molecule has 0 saturated heterocycles. The van der Waals surface area contributed by atoms with Crippen LogP contribution in [0.3, 0.4) is 0 Å². The summed E-state index contributed by atoms with van der Waals surface area (Å²) in [4.78, 5) is 11.2. The van der Waals surface area contributed by atoms with Gasteiger partial charge in [0.1, 0.15) is 0 Å². The molecular formula is C11H13ClO2. The maximum absolute atomic E-state index is 11.2. The summed E-state index contributed by atoms with van der Waals surface area (Å²) in [5.41, 5.74) is 2.97. The molecule has 3 heteroatoms. The molecule has 14 heavy (non-hydrogen) atoms. The van der Waals surface area contributed by atoms with E-state index in [0.717, 1.165) is 16.7 Å². The fourth-order valence-electron chi connectivity index (χ4n) is 1.40. The number of methoxy groups -OCH3 is 1. The number of carbonyl (C=O) groups excluding carboxylic acids is 1. The molecule has 1 unspecified atom stereocenters. The molecule has 76 valence electrons. The van der Waals surface area contributed by atoms with Gasteiger partial charge in [0.05, 0.1) is 7.11 Å². The van der Waals surface area contributed by atoms with Crippen molar-refractivity contribution < 1.29 is 9.53 Å². The van der Waals surface area contributed by atoms with E-state index in [2.05, 4.69) is 4.74 Å². The second-order valence-electron chi connectivity index (χ2n) is 3.31. The Morgan fingerprint density at radius 1 is 1.29 bits per heavy atom. The van der Waals surface area contributed by atoms with Crippen molar-refractivity contribution in [2.75, 3.05) is 7.11 Å². The van der Waals surface area contributed by atoms with E-state index in [4.69, 9.17) is 11.6 Å². The van der Waals surface area contributed by atoms with Crippen LogP contribution < -0.4 is 0 Å². The zero-order chi connectivity index (χ0) is 10.7. The number of esters is 1. The lowest BCUT2D eigenvalue weighted by Gasteiger charge is -2.09. The second-order valence-corrected chi connectivity index (χ2v) is 3.74. The van der Waals surface area contributed by atoms with Gasteiger partial charge >= 0.3 is 5.97 Å². The van der Waals surface area contributed by atoms with Gasteiger partial charge < -0.3 is 4.74 Å². The van der Waals surface area contributed by atoms with Crippen LogP contribution in [-0.4, -0.2) is 13.1 Å². The van der Waals surface area contributed by atoms with Crippen LogP contribution in [0.25, 0.3) is 0 Å². The van der Waals surface area contributed by atoms with E-state index >= 15 is 0 Å². The van der Waals surface area contributed by atoms with Gasteiger partial charge in [-0.2, -0.15) is 0 Å². The molecule has 0 amide bonds. The molecule has 0 N–H and O–H groups in total. The highest BCUT2D eigenvalue weighted by Crippen LogP contribution is 2.23. The minimum atomic E-state index is -0.710. The largest absolute Gasteiger partial charge is 0.468 e. The van der Waals surface area contributed by atoms with Gasteiger partial charge in [0.2, 0.25) is 0 Å². The van der Waals surface area contributed by atoms with Crippen LogP contribution >= 0.6 is 11.6 Å². The zero-order valence-corrected chi connectivity index (χ0v) is 9.26. The molecule has 0 saturated carbocycles. The first-order chi connectivity index (χ1) is 6.54. The van der Waals surface area contributed by atoms with Crippen LogP contribution in [0.5, 0.6) is 0 Å². The normalized spacial score (nSPS) is 12.3. The van der Waals surface area contributed by atoms with Crippen molar-refractivity contribution in [2.24, 2.45) is 0 Å². The monoisotopic (exact) mass is 212 g/mol. The third-order valence-corrected chi connectivity index (χ3v) is 2.37. The zero-order valence-electron chi connectivity index (χ0n) is 8.50. The maximum Gasteiger partial charge on any atom is 0.328 e. The number of ether oxygens (including phenoxy) is 1. The van der Waals surface area contributed by atoms with Gasteiger partial charge in [-0.25, -0.2) is 0 Å². The molecule has 1 aromatic carbocycles. The fraction of sp³-hybridized carbons (Fsp3) is 0.364. The average Bonchev–Trinajstić information content (AvgIpc) is 2.14. The number of hydrogen-bond donors (Lipinski definition) is 0. The minimum absolute atomic E-state index is 0.420. The first-order valence-electron chi connectivity index (χ1n) is 4.34. The lowest BCUT2D eigenvalue weighted by molar-refractivity contribution is -0.140. The Morgan fingerprint density at radius 2 is 1.79 bits per heavy atom. The Kier molecular flexibility index (Phi) is 3.53. The van der Waals surface area contributed by atoms with E-state index in [1.807, 2.05) is 32.0 Å². The molecule has 0 radical (unpaired) electrons. The number of aryl methyl sites for hydroxylation is 2. The van der Waals surface area contributed by atoms with Crippen LogP contribution in [0.1, 0.15) is 22.1 Å². The van der Waals surface area contributed by atoms with Crippen LogP contribution in [0.15, 0.2) is 18.2 Å². The van der Waals surface area contributed by atoms with Crippen molar-refractivity contribution in [1.82, 2.24) is 0 Å². The first-order valence-corrected chi connectivity index (χ1v) is 4.78. The minimum Gasteiger partial charge on any atom is -0.468 e. The van der Waals surface area contributed by atoms with Gasteiger partial charge in [-0.3, -0.25) is 4.79 Å². The Balaban J connectivity index is 3.00. The third kappa shape index (κ3) is 2.48. The van der Waals surface area contributed by atoms with Gasteiger partial charge in [0, 0.05) is 0 Å². The van der Waals surface area contributed by atoms with E-state index in [-0.39, 0.29) is 0 Å². The third-order valence-electron chi connectivity index (χ3n) is 1.94. The summed E-state index contributed by atoms with van der Waals surface area (Å²) < 4.78 is 4.58. The van der Waals surface area contributed by atoms with Crippen molar-refractivity contribution in [2.45, 2.75) is 19.2 Å². The van der Waals surface area contributed by atoms with Gasteiger partial charge in [0.15, 0.2) is 5.38 Å². The average molecular weight is 213 g/mol. The van der Waals surface area contributed by atoms with Crippen molar-refractivity contribution >= 4 is 17.6 Å². The Hall–Kier alpha value is -1.02. The lowest BCUT2D eigenvalue weighted by Crippen LogP contribution is -2.08. The van der Waals surface area contributed by atoms with Crippen LogP contribution in [-0.2, 0) is 9.53 Å². The highest BCUT2D eigenvalue weighted by molar-refractivity contribution is 6.29. The Bertz CT molecular complexity index is 327. The quantitative estimate of drug-likeness (QED) is 0.557. The molecule has 0 fully saturated rings. The van der Waals surface area contributed by atoms with E-state index < -0.39 is 11.3 Å². The van der Waals surface area contributed by atoms with Gasteiger partial charge in [0.25, 0.3) is 0 Å². The van der Waals surface area contributed by atoms with Gasteiger partial charge in [-0.05, 0) is 19.4 Å². The summed E-state index contributed by atoms with van der Waals surface area (Å²) in [6.45, 7) is 3.94. The molecule has 2 nitrogen and oxygen atoms in total. The predicted octanol–water partition coefficient (Wildman–Crippen LogP) is 2.76. The van der Waals surface area contributed by atoms with Crippen LogP contribution in [0, 0.1) is 13.8 Å². The number of rotatable bonds is 2. The van der Waals surface area contributed by atoms with E-state index in [9.17, 15) is 4.79 Å². The molecule has 0 bridgehead atoms. The predicted molar refractivity (Wildman–Crippen MR) is 56.5 cm³/mol. The molecule has 1 rings (SSSR count). The molecule has 0 aromatic heterocycles. The first kappa shape index (κ1) is 11.1. The Morgan fingerprint density at radius 3 is 2.21 bits per heavy atom. The molecule has 0 aliphatic heterocycles. The van der Waals surface area contributed by atoms with E-state index in [1.54, 1.807) is 0 Å². The summed E-state index contributed by atoms with van der Waals surface area (Å²) in [6.07, 6.45) is 0. The smallest absolute Gasteiger partial charge is 0.328 e. The maximum atomic E-state index is 11.2. The highest BCUT2D eigenvalue weighted by Gasteiger charge is 2.18. The second kappa shape index (κ2) is 4.47. The summed E-state index contributed by atoms with van der Waals surface area (Å²) in [5, 5.41) is -0.710. The molecule has 0 aliphatic carbocycles. The number of carbonyl (C=O) groups is 1. The van der Waals surface area contributed by atoms with Crippen molar-refractivity contribution in [3.63, 3.8) is 0 Å². The number of hydrogen-bond acceptors (Lipinski definition) is 2. The molecule has 0 spiro atoms. The summed E-state index contributed by atoms with van der Waals surface area (Å²) >= 11 is 5.93. The SMILES string of the molecule is COC(=O)C(Cl)c1cc(C)cc(C)c1. The number of halogens is 1. The highest BCUT2D eigenvalue weighted by atomic mass is 35.5. The van der Waals surface area contributed by atoms with E-state index in [0.29, 0.717) is 0 Å². The number of alkyl halides is 1. The Labute approximate surface area is 88.8 Å². The van der Waals surface area contributed by atoms with Crippen LogP contribution in [0.4, 0.5) is 0 Å². The molecule has 1 aromatic rings. The topological polar surface area (TPSA) is 26.3 Å². The van der Waals surface area contributed by atoms with Crippen molar-refractivity contribution in [3.8, 4) is 0 Å². The van der Waals surface area contributed by atoms with E-state index in [1.165, 1.54) is 7.11 Å². The summed E-state index contributed by atoms with van der Waals surface area (Å²) in [5.74, 6) is -0.420. The van der Waals surface area contributed by atoms with Gasteiger partial charge in [-0.1, -0.05) is 29.3 Å². The molecule has 0 aliphatic rings. The lowest BCUT2D eigenvalue weighted by atomic mass is 10.1. The van der Waals surface area contributed by atoms with Crippen molar-refractivity contribution in [1.29, 1.82) is 0 Å². The molecule has 1 atom stereocenters. The summed E-state index contributed by atoms with van der Waals surface area (Å²) in [6, 6.07) is 5.81.